The van der Waals surface area contributed by atoms with Gasteiger partial charge in [0, 0.05) is 11.1 Å². The van der Waals surface area contributed by atoms with Crippen molar-refractivity contribution < 1.29 is 19.1 Å². The summed E-state index contributed by atoms with van der Waals surface area (Å²) in [5, 5.41) is 0. The first kappa shape index (κ1) is 20.3. The van der Waals surface area contributed by atoms with Crippen LogP contribution in [0.5, 0.6) is 0 Å². The van der Waals surface area contributed by atoms with Crippen LogP contribution in [0.15, 0.2) is 12.1 Å². The van der Waals surface area contributed by atoms with Crippen LogP contribution in [0.4, 0.5) is 0 Å². The standard InChI is InChI=1S/C18H25N3O4S/c1-26-10-8-18(21)14-11(5-3-2-4-9-25-17(18)24)12(15(19)22)6-7-13(14)16(20)23/h6-7H,2-5,8-10,21H2,1H3,(H2,19,22)(H2,20,23). The molecule has 1 aliphatic heterocycles. The summed E-state index contributed by atoms with van der Waals surface area (Å²) in [5.74, 6) is -1.38. The van der Waals surface area contributed by atoms with Crippen molar-refractivity contribution in [2.45, 2.75) is 37.6 Å². The zero-order valence-electron chi connectivity index (χ0n) is 14.9. The van der Waals surface area contributed by atoms with Crippen LogP contribution >= 0.6 is 11.8 Å². The van der Waals surface area contributed by atoms with Crippen LogP contribution in [0.3, 0.4) is 0 Å². The molecule has 1 atom stereocenters. The Morgan fingerprint density at radius 1 is 1.15 bits per heavy atom. The number of nitrogens with two attached hydrogens (primary N) is 3. The molecule has 1 aromatic rings. The van der Waals surface area contributed by atoms with E-state index in [1.54, 1.807) is 0 Å². The number of cyclic esters (lactones) is 1. The fourth-order valence-electron chi connectivity index (χ4n) is 3.32. The molecule has 0 spiro atoms. The van der Waals surface area contributed by atoms with Gasteiger partial charge >= 0.3 is 5.97 Å². The average molecular weight is 379 g/mol. The number of amides is 2. The minimum atomic E-state index is -1.56. The summed E-state index contributed by atoms with van der Waals surface area (Å²) in [6, 6.07) is 2.90. The number of thioether (sulfide) groups is 1. The molecule has 0 fully saturated rings. The molecule has 0 saturated carbocycles. The Morgan fingerprint density at radius 3 is 2.42 bits per heavy atom. The van der Waals surface area contributed by atoms with E-state index in [2.05, 4.69) is 0 Å². The maximum absolute atomic E-state index is 12.9. The van der Waals surface area contributed by atoms with E-state index in [0.717, 1.165) is 12.8 Å². The number of hydrogen-bond acceptors (Lipinski definition) is 6. The summed E-state index contributed by atoms with van der Waals surface area (Å²) >= 11 is 1.52. The third kappa shape index (κ3) is 4.02. The van der Waals surface area contributed by atoms with Crippen molar-refractivity contribution in [2.24, 2.45) is 17.2 Å². The van der Waals surface area contributed by atoms with Gasteiger partial charge in [0.1, 0.15) is 5.54 Å². The monoisotopic (exact) mass is 379 g/mol. The summed E-state index contributed by atoms with van der Waals surface area (Å²) in [6.45, 7) is 0.272. The summed E-state index contributed by atoms with van der Waals surface area (Å²) in [6.07, 6.45) is 4.91. The van der Waals surface area contributed by atoms with Crippen molar-refractivity contribution in [3.63, 3.8) is 0 Å². The van der Waals surface area contributed by atoms with Gasteiger partial charge in [-0.25, -0.2) is 4.79 Å². The summed E-state index contributed by atoms with van der Waals surface area (Å²) in [4.78, 5) is 36.9. The number of fused-ring (bicyclic) bond motifs is 1. The Kier molecular flexibility index (Phi) is 6.66. The van der Waals surface area contributed by atoms with Crippen molar-refractivity contribution in [1.29, 1.82) is 0 Å². The number of esters is 1. The summed E-state index contributed by atoms with van der Waals surface area (Å²) in [7, 11) is 0. The molecule has 1 aromatic carbocycles. The van der Waals surface area contributed by atoms with E-state index >= 15 is 0 Å². The number of ether oxygens (including phenoxy) is 1. The number of carbonyl (C=O) groups excluding carboxylic acids is 3. The molecule has 142 valence electrons. The predicted molar refractivity (Wildman–Crippen MR) is 101 cm³/mol. The van der Waals surface area contributed by atoms with Crippen molar-refractivity contribution in [3.05, 3.63) is 34.4 Å². The lowest BCUT2D eigenvalue weighted by Crippen LogP contribution is -2.49. The molecule has 0 saturated heterocycles. The second-order valence-corrected chi connectivity index (χ2v) is 7.39. The SMILES string of the molecule is CSCCC1(N)C(=O)OCCCCCc2c(C(N)=O)ccc(C(N)=O)c21. The number of rotatable bonds is 5. The zero-order chi connectivity index (χ0) is 19.3. The van der Waals surface area contributed by atoms with E-state index in [4.69, 9.17) is 21.9 Å². The number of carbonyl (C=O) groups is 3. The van der Waals surface area contributed by atoms with E-state index in [0.29, 0.717) is 24.2 Å². The van der Waals surface area contributed by atoms with Gasteiger partial charge in [0.25, 0.3) is 0 Å². The first-order chi connectivity index (χ1) is 12.3. The molecule has 6 N–H and O–H groups in total. The summed E-state index contributed by atoms with van der Waals surface area (Å²) in [5.41, 5.74) is 17.3. The van der Waals surface area contributed by atoms with Crippen LogP contribution in [0, 0.1) is 0 Å². The highest BCUT2D eigenvalue weighted by molar-refractivity contribution is 7.98. The van der Waals surface area contributed by atoms with Crippen molar-refractivity contribution in [2.75, 3.05) is 18.6 Å². The lowest BCUT2D eigenvalue weighted by molar-refractivity contribution is -0.151. The largest absolute Gasteiger partial charge is 0.464 e. The van der Waals surface area contributed by atoms with Gasteiger partial charge in [0.15, 0.2) is 0 Å². The third-order valence-electron chi connectivity index (χ3n) is 4.66. The van der Waals surface area contributed by atoms with Gasteiger partial charge in [0.2, 0.25) is 11.8 Å². The molecular formula is C18H25N3O4S. The molecule has 2 amide bonds. The highest BCUT2D eigenvalue weighted by Gasteiger charge is 2.42. The molecule has 0 aliphatic carbocycles. The third-order valence-corrected chi connectivity index (χ3v) is 5.27. The average Bonchev–Trinajstić information content (AvgIpc) is 2.60. The Bertz CT molecular complexity index is 723. The Labute approximate surface area is 157 Å². The van der Waals surface area contributed by atoms with Crippen LogP contribution < -0.4 is 17.2 Å². The van der Waals surface area contributed by atoms with Crippen LogP contribution in [-0.2, 0) is 21.5 Å². The molecule has 0 radical (unpaired) electrons. The fraction of sp³-hybridized carbons (Fsp3) is 0.500. The number of benzene rings is 1. The Morgan fingerprint density at radius 2 is 1.81 bits per heavy atom. The molecule has 1 aliphatic rings. The Balaban J connectivity index is 2.80. The topological polar surface area (TPSA) is 138 Å². The van der Waals surface area contributed by atoms with Gasteiger partial charge < -0.3 is 21.9 Å². The van der Waals surface area contributed by atoms with Crippen molar-refractivity contribution in [1.82, 2.24) is 0 Å². The van der Waals surface area contributed by atoms with Gasteiger partial charge in [-0.2, -0.15) is 11.8 Å². The van der Waals surface area contributed by atoms with E-state index in [1.165, 1.54) is 23.9 Å². The van der Waals surface area contributed by atoms with Crippen LogP contribution in [0.2, 0.25) is 0 Å². The van der Waals surface area contributed by atoms with E-state index < -0.39 is 23.3 Å². The van der Waals surface area contributed by atoms with Gasteiger partial charge in [-0.15, -0.1) is 0 Å². The minimum absolute atomic E-state index is 0.131. The first-order valence-corrected chi connectivity index (χ1v) is 9.93. The van der Waals surface area contributed by atoms with Crippen LogP contribution in [0.25, 0.3) is 0 Å². The van der Waals surface area contributed by atoms with Gasteiger partial charge in [0.05, 0.1) is 6.61 Å². The molecule has 0 bridgehead atoms. The smallest absolute Gasteiger partial charge is 0.330 e. The lowest BCUT2D eigenvalue weighted by Gasteiger charge is -2.32. The van der Waals surface area contributed by atoms with Gasteiger partial charge in [-0.05, 0) is 67.4 Å². The Hall–Kier alpha value is -2.06. The van der Waals surface area contributed by atoms with Gasteiger partial charge in [-0.3, -0.25) is 9.59 Å². The lowest BCUT2D eigenvalue weighted by atomic mass is 9.78. The first-order valence-electron chi connectivity index (χ1n) is 8.54. The molecule has 8 heteroatoms. The molecule has 1 heterocycles. The molecule has 1 unspecified atom stereocenters. The van der Waals surface area contributed by atoms with E-state index in [9.17, 15) is 14.4 Å². The minimum Gasteiger partial charge on any atom is -0.464 e. The van der Waals surface area contributed by atoms with Crippen molar-refractivity contribution in [3.8, 4) is 0 Å². The zero-order valence-corrected chi connectivity index (χ0v) is 15.7. The van der Waals surface area contributed by atoms with Crippen LogP contribution in [0.1, 0.15) is 57.5 Å². The number of primary amides is 2. The summed E-state index contributed by atoms with van der Waals surface area (Å²) < 4.78 is 5.38. The van der Waals surface area contributed by atoms with Gasteiger partial charge in [-0.1, -0.05) is 0 Å². The van der Waals surface area contributed by atoms with E-state index in [-0.39, 0.29) is 29.7 Å². The molecule has 26 heavy (non-hydrogen) atoms. The number of hydrogen-bond donors (Lipinski definition) is 3. The van der Waals surface area contributed by atoms with Crippen LogP contribution in [-0.4, -0.2) is 36.4 Å². The second kappa shape index (κ2) is 8.55. The maximum Gasteiger partial charge on any atom is 0.330 e. The van der Waals surface area contributed by atoms with E-state index in [1.807, 2.05) is 6.26 Å². The van der Waals surface area contributed by atoms with Crippen molar-refractivity contribution >= 4 is 29.5 Å². The fourth-order valence-corrected chi connectivity index (χ4v) is 3.85. The molecule has 2 rings (SSSR count). The highest BCUT2D eigenvalue weighted by atomic mass is 32.2. The maximum atomic E-state index is 12.9. The molecule has 7 nitrogen and oxygen atoms in total. The molecular weight excluding hydrogens is 354 g/mol. The molecule has 0 aromatic heterocycles. The normalized spacial score (nSPS) is 20.8. The second-order valence-electron chi connectivity index (χ2n) is 6.40. The quantitative estimate of drug-likeness (QED) is 0.654. The highest BCUT2D eigenvalue weighted by Crippen LogP contribution is 2.35. The predicted octanol–water partition coefficient (Wildman–Crippen LogP) is 1.06.